The van der Waals surface area contributed by atoms with Crippen molar-refractivity contribution in [2.24, 2.45) is 5.92 Å². The summed E-state index contributed by atoms with van der Waals surface area (Å²) in [6.07, 6.45) is 3.65. The standard InChI is InChI=1S/C14H24N4O/c1-10(2)12-13(15-3)16-9-17-14(12)18-6-4-11(8-18)5-7-19/h9-11,19H,4-8H2,1-3H3,(H,15,16,17). The van der Waals surface area contributed by atoms with Crippen molar-refractivity contribution in [3.63, 3.8) is 0 Å². The molecule has 2 heterocycles. The van der Waals surface area contributed by atoms with Gasteiger partial charge in [-0.1, -0.05) is 13.8 Å². The van der Waals surface area contributed by atoms with Gasteiger partial charge < -0.3 is 15.3 Å². The lowest BCUT2D eigenvalue weighted by Gasteiger charge is -2.23. The van der Waals surface area contributed by atoms with Crippen molar-refractivity contribution < 1.29 is 5.11 Å². The Morgan fingerprint density at radius 1 is 1.47 bits per heavy atom. The van der Waals surface area contributed by atoms with Crippen LogP contribution in [0.2, 0.25) is 0 Å². The predicted octanol–water partition coefficient (Wildman–Crippen LogP) is 1.85. The highest BCUT2D eigenvalue weighted by Crippen LogP contribution is 2.33. The van der Waals surface area contributed by atoms with Gasteiger partial charge in [0.25, 0.3) is 0 Å². The van der Waals surface area contributed by atoms with Crippen LogP contribution in [-0.4, -0.2) is 41.8 Å². The van der Waals surface area contributed by atoms with Crippen molar-refractivity contribution in [1.29, 1.82) is 0 Å². The van der Waals surface area contributed by atoms with Gasteiger partial charge in [0, 0.05) is 32.3 Å². The Labute approximate surface area is 115 Å². The Morgan fingerprint density at radius 2 is 2.26 bits per heavy atom. The van der Waals surface area contributed by atoms with Crippen LogP contribution in [0.15, 0.2) is 6.33 Å². The quantitative estimate of drug-likeness (QED) is 0.850. The Hall–Kier alpha value is -1.36. The minimum Gasteiger partial charge on any atom is -0.396 e. The van der Waals surface area contributed by atoms with Gasteiger partial charge in [-0.25, -0.2) is 9.97 Å². The first kappa shape index (κ1) is 14.1. The maximum Gasteiger partial charge on any atom is 0.137 e. The summed E-state index contributed by atoms with van der Waals surface area (Å²) in [5, 5.41) is 12.2. The van der Waals surface area contributed by atoms with Crippen molar-refractivity contribution >= 4 is 11.6 Å². The van der Waals surface area contributed by atoms with Gasteiger partial charge in [-0.05, 0) is 24.7 Å². The molecule has 1 aliphatic heterocycles. The Morgan fingerprint density at radius 3 is 2.89 bits per heavy atom. The largest absolute Gasteiger partial charge is 0.396 e. The number of aliphatic hydroxyl groups is 1. The smallest absolute Gasteiger partial charge is 0.137 e. The van der Waals surface area contributed by atoms with E-state index in [4.69, 9.17) is 5.11 Å². The van der Waals surface area contributed by atoms with Crippen LogP contribution in [0.5, 0.6) is 0 Å². The normalized spacial score (nSPS) is 19.2. The predicted molar refractivity (Wildman–Crippen MR) is 77.7 cm³/mol. The van der Waals surface area contributed by atoms with E-state index >= 15 is 0 Å². The molecule has 1 atom stereocenters. The number of anilines is 2. The molecule has 0 saturated carbocycles. The van der Waals surface area contributed by atoms with E-state index < -0.39 is 0 Å². The Bertz CT molecular complexity index is 422. The van der Waals surface area contributed by atoms with E-state index in [2.05, 4.69) is 34.0 Å². The molecule has 0 spiro atoms. The third kappa shape index (κ3) is 2.97. The topological polar surface area (TPSA) is 61.3 Å². The van der Waals surface area contributed by atoms with Gasteiger partial charge in [0.2, 0.25) is 0 Å². The van der Waals surface area contributed by atoms with E-state index in [1.165, 1.54) is 5.56 Å². The summed E-state index contributed by atoms with van der Waals surface area (Å²) in [5.41, 5.74) is 1.19. The molecule has 1 aromatic rings. The van der Waals surface area contributed by atoms with Gasteiger partial charge in [-0.3, -0.25) is 0 Å². The van der Waals surface area contributed by atoms with E-state index in [1.807, 2.05) is 7.05 Å². The average molecular weight is 264 g/mol. The summed E-state index contributed by atoms with van der Waals surface area (Å²) in [5.74, 6) is 2.94. The number of aromatic nitrogens is 2. The molecule has 0 aromatic carbocycles. The molecule has 2 rings (SSSR count). The zero-order valence-electron chi connectivity index (χ0n) is 12.1. The summed E-state index contributed by atoms with van der Waals surface area (Å²) >= 11 is 0. The highest BCUT2D eigenvalue weighted by atomic mass is 16.3. The molecule has 1 unspecified atom stereocenters. The van der Waals surface area contributed by atoms with Crippen molar-refractivity contribution in [1.82, 2.24) is 9.97 Å². The molecular weight excluding hydrogens is 240 g/mol. The van der Waals surface area contributed by atoms with E-state index in [-0.39, 0.29) is 6.61 Å². The molecule has 0 amide bonds. The van der Waals surface area contributed by atoms with Crippen LogP contribution in [0.3, 0.4) is 0 Å². The molecular formula is C14H24N4O. The third-order valence-corrected chi connectivity index (χ3v) is 3.80. The summed E-state index contributed by atoms with van der Waals surface area (Å²) in [6.45, 7) is 6.63. The van der Waals surface area contributed by atoms with Crippen LogP contribution in [-0.2, 0) is 0 Å². The fourth-order valence-corrected chi connectivity index (χ4v) is 2.81. The molecule has 5 nitrogen and oxygen atoms in total. The van der Waals surface area contributed by atoms with Gasteiger partial charge in [0.05, 0.1) is 0 Å². The maximum atomic E-state index is 9.05. The fourth-order valence-electron chi connectivity index (χ4n) is 2.81. The first-order chi connectivity index (χ1) is 9.17. The minimum absolute atomic E-state index is 0.279. The lowest BCUT2D eigenvalue weighted by Crippen LogP contribution is -2.23. The van der Waals surface area contributed by atoms with Crippen LogP contribution < -0.4 is 10.2 Å². The lowest BCUT2D eigenvalue weighted by molar-refractivity contribution is 0.263. The Balaban J connectivity index is 2.25. The number of aliphatic hydroxyl groups excluding tert-OH is 1. The number of hydrogen-bond donors (Lipinski definition) is 2. The monoisotopic (exact) mass is 264 g/mol. The molecule has 2 N–H and O–H groups in total. The molecule has 19 heavy (non-hydrogen) atoms. The molecule has 1 saturated heterocycles. The molecule has 106 valence electrons. The lowest BCUT2D eigenvalue weighted by atomic mass is 10.0. The highest BCUT2D eigenvalue weighted by Gasteiger charge is 2.26. The van der Waals surface area contributed by atoms with Gasteiger partial charge >= 0.3 is 0 Å². The average Bonchev–Trinajstić information content (AvgIpc) is 2.86. The van der Waals surface area contributed by atoms with Crippen LogP contribution >= 0.6 is 0 Å². The number of hydrogen-bond acceptors (Lipinski definition) is 5. The van der Waals surface area contributed by atoms with Crippen LogP contribution in [0.1, 0.15) is 38.2 Å². The number of nitrogens with one attached hydrogen (secondary N) is 1. The number of rotatable bonds is 5. The van der Waals surface area contributed by atoms with E-state index in [1.54, 1.807) is 6.33 Å². The summed E-state index contributed by atoms with van der Waals surface area (Å²) in [6, 6.07) is 0. The second-order valence-corrected chi connectivity index (χ2v) is 5.48. The first-order valence-corrected chi connectivity index (χ1v) is 7.05. The summed E-state index contributed by atoms with van der Waals surface area (Å²) in [7, 11) is 1.90. The van der Waals surface area contributed by atoms with Crippen LogP contribution in [0, 0.1) is 5.92 Å². The van der Waals surface area contributed by atoms with Gasteiger partial charge in [0.1, 0.15) is 18.0 Å². The molecule has 0 radical (unpaired) electrons. The van der Waals surface area contributed by atoms with E-state index in [0.717, 1.165) is 37.6 Å². The van der Waals surface area contributed by atoms with Crippen molar-refractivity contribution in [3.8, 4) is 0 Å². The van der Waals surface area contributed by atoms with E-state index in [0.29, 0.717) is 11.8 Å². The first-order valence-electron chi connectivity index (χ1n) is 7.05. The minimum atomic E-state index is 0.279. The second kappa shape index (κ2) is 6.19. The molecule has 0 aliphatic carbocycles. The van der Waals surface area contributed by atoms with Crippen LogP contribution in [0.25, 0.3) is 0 Å². The van der Waals surface area contributed by atoms with E-state index in [9.17, 15) is 0 Å². The second-order valence-electron chi connectivity index (χ2n) is 5.48. The van der Waals surface area contributed by atoms with Gasteiger partial charge in [-0.15, -0.1) is 0 Å². The highest BCUT2D eigenvalue weighted by molar-refractivity contribution is 5.60. The van der Waals surface area contributed by atoms with Crippen LogP contribution in [0.4, 0.5) is 11.6 Å². The van der Waals surface area contributed by atoms with Crippen molar-refractivity contribution in [2.45, 2.75) is 32.6 Å². The molecule has 1 fully saturated rings. The zero-order valence-corrected chi connectivity index (χ0v) is 12.1. The van der Waals surface area contributed by atoms with Gasteiger partial charge in [-0.2, -0.15) is 0 Å². The molecule has 5 heteroatoms. The van der Waals surface area contributed by atoms with Crippen molar-refractivity contribution in [3.05, 3.63) is 11.9 Å². The summed E-state index contributed by atoms with van der Waals surface area (Å²) in [4.78, 5) is 11.1. The molecule has 1 aromatic heterocycles. The van der Waals surface area contributed by atoms with Gasteiger partial charge in [0.15, 0.2) is 0 Å². The number of nitrogens with zero attached hydrogens (tertiary/aromatic N) is 3. The third-order valence-electron chi connectivity index (χ3n) is 3.80. The zero-order chi connectivity index (χ0) is 13.8. The molecule has 0 bridgehead atoms. The SMILES string of the molecule is CNc1ncnc(N2CCC(CCO)C2)c1C(C)C. The Kier molecular flexibility index (Phi) is 4.58. The maximum absolute atomic E-state index is 9.05. The fraction of sp³-hybridized carbons (Fsp3) is 0.714. The van der Waals surface area contributed by atoms with Crippen molar-refractivity contribution in [2.75, 3.05) is 37.0 Å². The molecule has 1 aliphatic rings. The summed E-state index contributed by atoms with van der Waals surface area (Å²) < 4.78 is 0.